The molecule has 2 N–H and O–H groups in total. The standard InChI is InChI=1S/C19H22Cl3N3O10/c1-7-5-25(18(31)24-15(7)29)16-12(23-17(30)19(20,21)22)14(34-10(4)28)13(33-9(3)27)11(35-16)6-32-8(2)26/h5,11-14,16H,6H2,1-4H3,(H,23,30)(H,24,29,31)/t11-,12+,13+,14-,16-/m0/s1. The Labute approximate surface area is 212 Å². The molecule has 16 heteroatoms. The van der Waals surface area contributed by atoms with Gasteiger partial charge in [0.1, 0.15) is 18.8 Å². The Hall–Kier alpha value is -2.61. The molecule has 1 aliphatic rings. The molecule has 2 heterocycles. The molecule has 2 rings (SSSR count). The van der Waals surface area contributed by atoms with E-state index in [9.17, 15) is 28.8 Å². The Morgan fingerprint density at radius 2 is 1.63 bits per heavy atom. The molecule has 35 heavy (non-hydrogen) atoms. The SMILES string of the molecule is CC(=O)OC[C@@H]1O[C@H](n2cc(C)c(=O)[nH]c2=O)[C@H](NC(=O)C(Cl)(Cl)Cl)[C@H](OC(C)=O)[C@@H]1OC(C)=O. The van der Waals surface area contributed by atoms with E-state index in [4.69, 9.17) is 53.8 Å². The number of aryl methyl sites for hydroxylation is 1. The van der Waals surface area contributed by atoms with Crippen molar-refractivity contribution in [2.75, 3.05) is 6.61 Å². The van der Waals surface area contributed by atoms with Gasteiger partial charge in [0.25, 0.3) is 15.3 Å². The molecule has 1 fully saturated rings. The van der Waals surface area contributed by atoms with Crippen molar-refractivity contribution >= 4 is 58.6 Å². The van der Waals surface area contributed by atoms with E-state index in [-0.39, 0.29) is 5.56 Å². The summed E-state index contributed by atoms with van der Waals surface area (Å²) in [5.74, 6) is -3.59. The predicted molar refractivity (Wildman–Crippen MR) is 120 cm³/mol. The normalized spacial score (nSPS) is 24.3. The Kier molecular flexibility index (Phi) is 9.34. The molecule has 0 aromatic carbocycles. The first-order valence-electron chi connectivity index (χ1n) is 9.94. The molecule has 1 aromatic heterocycles. The third-order valence-electron chi connectivity index (χ3n) is 4.70. The molecule has 0 spiro atoms. The number of ether oxygens (including phenoxy) is 4. The zero-order valence-corrected chi connectivity index (χ0v) is 21.1. The number of rotatable bonds is 6. The second-order valence-electron chi connectivity index (χ2n) is 7.49. The second kappa shape index (κ2) is 11.4. The molecule has 1 amide bonds. The van der Waals surface area contributed by atoms with Gasteiger partial charge >= 0.3 is 23.6 Å². The van der Waals surface area contributed by atoms with Crippen molar-refractivity contribution in [1.29, 1.82) is 0 Å². The Morgan fingerprint density at radius 1 is 1.06 bits per heavy atom. The van der Waals surface area contributed by atoms with Gasteiger partial charge in [-0.1, -0.05) is 34.8 Å². The van der Waals surface area contributed by atoms with Crippen LogP contribution in [-0.2, 0) is 38.1 Å². The number of nitrogens with one attached hydrogen (secondary N) is 2. The second-order valence-corrected chi connectivity index (χ2v) is 9.77. The van der Waals surface area contributed by atoms with Crippen LogP contribution in [0.25, 0.3) is 0 Å². The molecule has 5 atom stereocenters. The number of alkyl halides is 3. The highest BCUT2D eigenvalue weighted by atomic mass is 35.6. The number of nitrogens with zero attached hydrogens (tertiary/aromatic N) is 1. The van der Waals surface area contributed by atoms with E-state index >= 15 is 0 Å². The molecular weight excluding hydrogens is 537 g/mol. The number of hydrogen-bond donors (Lipinski definition) is 2. The summed E-state index contributed by atoms with van der Waals surface area (Å²) in [6, 6.07) is -1.50. The lowest BCUT2D eigenvalue weighted by Crippen LogP contribution is -2.66. The van der Waals surface area contributed by atoms with Gasteiger partial charge in [0.15, 0.2) is 18.4 Å². The van der Waals surface area contributed by atoms with Crippen LogP contribution in [0.3, 0.4) is 0 Å². The van der Waals surface area contributed by atoms with Gasteiger partial charge in [0, 0.05) is 32.5 Å². The zero-order valence-electron chi connectivity index (χ0n) is 18.8. The molecule has 0 radical (unpaired) electrons. The third-order valence-corrected chi connectivity index (χ3v) is 5.21. The van der Waals surface area contributed by atoms with Gasteiger partial charge in [-0.25, -0.2) is 4.79 Å². The number of halogens is 3. The Morgan fingerprint density at radius 3 is 2.14 bits per heavy atom. The van der Waals surface area contributed by atoms with Crippen molar-refractivity contribution in [3.8, 4) is 0 Å². The van der Waals surface area contributed by atoms with E-state index < -0.39 is 76.0 Å². The maximum Gasteiger partial charge on any atom is 0.330 e. The van der Waals surface area contributed by atoms with E-state index in [0.717, 1.165) is 31.5 Å². The summed E-state index contributed by atoms with van der Waals surface area (Å²) in [6.45, 7) is 4.12. The first-order valence-corrected chi connectivity index (χ1v) is 11.1. The van der Waals surface area contributed by atoms with Crippen LogP contribution in [0, 0.1) is 6.92 Å². The lowest BCUT2D eigenvalue weighted by atomic mass is 9.94. The Balaban J connectivity index is 2.71. The summed E-state index contributed by atoms with van der Waals surface area (Å²) in [7, 11) is 0. The molecule has 1 aliphatic heterocycles. The number of carbonyl (C=O) groups is 4. The Bertz CT molecular complexity index is 1110. The fourth-order valence-corrected chi connectivity index (χ4v) is 3.48. The smallest absolute Gasteiger partial charge is 0.330 e. The number of amides is 1. The van der Waals surface area contributed by atoms with Crippen LogP contribution in [0.2, 0.25) is 0 Å². The number of aromatic nitrogens is 2. The van der Waals surface area contributed by atoms with Gasteiger partial charge in [0.2, 0.25) is 0 Å². The molecular formula is C19H22Cl3N3O10. The largest absolute Gasteiger partial charge is 0.463 e. The molecule has 13 nitrogen and oxygen atoms in total. The molecule has 0 unspecified atom stereocenters. The van der Waals surface area contributed by atoms with Crippen molar-refractivity contribution in [2.45, 2.75) is 62.1 Å². The van der Waals surface area contributed by atoms with Crippen LogP contribution in [0.5, 0.6) is 0 Å². The van der Waals surface area contributed by atoms with Gasteiger partial charge in [-0.05, 0) is 6.92 Å². The fourth-order valence-electron chi connectivity index (χ4n) is 3.32. The third kappa shape index (κ3) is 7.43. The maximum atomic E-state index is 12.6. The van der Waals surface area contributed by atoms with E-state index in [1.165, 1.54) is 6.92 Å². The van der Waals surface area contributed by atoms with Gasteiger partial charge < -0.3 is 24.3 Å². The first-order chi connectivity index (χ1) is 16.1. The van der Waals surface area contributed by atoms with Crippen molar-refractivity contribution in [1.82, 2.24) is 14.9 Å². The van der Waals surface area contributed by atoms with Crippen LogP contribution in [0.4, 0.5) is 0 Å². The topological polar surface area (TPSA) is 172 Å². The number of hydrogen-bond acceptors (Lipinski definition) is 10. The van der Waals surface area contributed by atoms with Crippen LogP contribution in [0.15, 0.2) is 15.8 Å². The summed E-state index contributed by atoms with van der Waals surface area (Å²) in [5, 5.41) is 2.33. The van der Waals surface area contributed by atoms with Crippen LogP contribution in [-0.4, -0.2) is 68.1 Å². The summed E-state index contributed by atoms with van der Waals surface area (Å²) < 4.78 is 19.9. The molecule has 1 saturated heterocycles. The average molecular weight is 559 g/mol. The maximum absolute atomic E-state index is 12.6. The summed E-state index contributed by atoms with van der Waals surface area (Å²) in [4.78, 5) is 74.3. The summed E-state index contributed by atoms with van der Waals surface area (Å²) >= 11 is 17.0. The quantitative estimate of drug-likeness (QED) is 0.275. The lowest BCUT2D eigenvalue weighted by molar-refractivity contribution is -0.238. The predicted octanol–water partition coefficient (Wildman–Crippen LogP) is 0.0239. The minimum atomic E-state index is -2.48. The van der Waals surface area contributed by atoms with Crippen LogP contribution in [0.1, 0.15) is 32.6 Å². The number of H-pyrrole nitrogens is 1. The molecule has 0 saturated carbocycles. The summed E-state index contributed by atoms with van der Waals surface area (Å²) in [5.41, 5.74) is -1.56. The van der Waals surface area contributed by atoms with E-state index in [1.54, 1.807) is 0 Å². The number of aromatic amines is 1. The lowest BCUT2D eigenvalue weighted by Gasteiger charge is -2.45. The zero-order chi connectivity index (χ0) is 26.7. The van der Waals surface area contributed by atoms with E-state index in [1.807, 2.05) is 0 Å². The van der Waals surface area contributed by atoms with Crippen molar-refractivity contribution in [2.24, 2.45) is 0 Å². The number of carbonyl (C=O) groups excluding carboxylic acids is 4. The molecule has 0 aliphatic carbocycles. The first kappa shape index (κ1) is 28.6. The van der Waals surface area contributed by atoms with Crippen molar-refractivity contribution in [3.63, 3.8) is 0 Å². The monoisotopic (exact) mass is 557 g/mol. The van der Waals surface area contributed by atoms with E-state index in [2.05, 4.69) is 10.3 Å². The highest BCUT2D eigenvalue weighted by molar-refractivity contribution is 6.76. The van der Waals surface area contributed by atoms with Gasteiger partial charge in [0.05, 0.1) is 0 Å². The fraction of sp³-hybridized carbons (Fsp3) is 0.579. The van der Waals surface area contributed by atoms with Gasteiger partial charge in [-0.3, -0.25) is 33.5 Å². The summed E-state index contributed by atoms with van der Waals surface area (Å²) in [6.07, 6.45) is -4.65. The molecule has 0 bridgehead atoms. The minimum Gasteiger partial charge on any atom is -0.463 e. The van der Waals surface area contributed by atoms with Crippen LogP contribution >= 0.6 is 34.8 Å². The molecule has 1 aromatic rings. The highest BCUT2D eigenvalue weighted by Gasteiger charge is 2.53. The molecule has 194 valence electrons. The van der Waals surface area contributed by atoms with Crippen LogP contribution < -0.4 is 16.6 Å². The van der Waals surface area contributed by atoms with E-state index in [0.29, 0.717) is 0 Å². The van der Waals surface area contributed by atoms with Crippen molar-refractivity contribution in [3.05, 3.63) is 32.6 Å². The van der Waals surface area contributed by atoms with Gasteiger partial charge in [-0.2, -0.15) is 0 Å². The number of esters is 3. The minimum absolute atomic E-state index is 0.0855. The van der Waals surface area contributed by atoms with Crippen molar-refractivity contribution < 1.29 is 38.1 Å². The average Bonchev–Trinajstić information content (AvgIpc) is 2.71. The highest BCUT2D eigenvalue weighted by Crippen LogP contribution is 2.34. The van der Waals surface area contributed by atoms with Gasteiger partial charge in [-0.15, -0.1) is 0 Å².